The number of urea groups is 1. The van der Waals surface area contributed by atoms with Crippen LogP contribution in [-0.2, 0) is 32.5 Å². The maximum Gasteiger partial charge on any atom is 0.325 e. The molecule has 4 rings (SSSR count). The van der Waals surface area contributed by atoms with Gasteiger partial charge in [0, 0.05) is 19.5 Å². The van der Waals surface area contributed by atoms with E-state index in [0.717, 1.165) is 10.5 Å². The number of nitrogens with one attached hydrogen (secondary N) is 1. The van der Waals surface area contributed by atoms with E-state index in [1.165, 1.54) is 16.4 Å². The third-order valence-electron chi connectivity index (χ3n) is 5.93. The van der Waals surface area contributed by atoms with Crippen molar-refractivity contribution in [1.82, 2.24) is 14.5 Å². The Morgan fingerprint density at radius 1 is 1.09 bits per heavy atom. The summed E-state index contributed by atoms with van der Waals surface area (Å²) in [7, 11) is -2.12. The fourth-order valence-corrected chi connectivity index (χ4v) is 5.64. The summed E-state index contributed by atoms with van der Waals surface area (Å²) >= 11 is 0. The highest BCUT2D eigenvalue weighted by atomic mass is 32.2. The van der Waals surface area contributed by atoms with E-state index in [1.54, 1.807) is 32.2 Å². The third-order valence-corrected chi connectivity index (χ3v) is 7.82. The monoisotopic (exact) mass is 473 g/mol. The van der Waals surface area contributed by atoms with Gasteiger partial charge in [-0.25, -0.2) is 13.2 Å². The predicted octanol–water partition coefficient (Wildman–Crippen LogP) is 1.77. The van der Waals surface area contributed by atoms with E-state index in [1.807, 2.05) is 18.2 Å². The van der Waals surface area contributed by atoms with Crippen LogP contribution in [0.2, 0.25) is 0 Å². The Hall–Kier alpha value is -2.95. The first kappa shape index (κ1) is 23.2. The average molecular weight is 474 g/mol. The molecular weight excluding hydrogens is 446 g/mol. The number of nitrogens with zero attached hydrogens (tertiary/aromatic N) is 2. The van der Waals surface area contributed by atoms with Gasteiger partial charge >= 0.3 is 6.03 Å². The lowest BCUT2D eigenvalue weighted by Gasteiger charge is -2.26. The van der Waals surface area contributed by atoms with Gasteiger partial charge in [-0.3, -0.25) is 9.69 Å². The van der Waals surface area contributed by atoms with Crippen molar-refractivity contribution in [3.05, 3.63) is 59.7 Å². The van der Waals surface area contributed by atoms with Crippen LogP contribution in [0.5, 0.6) is 5.75 Å². The fourth-order valence-electron chi connectivity index (χ4n) is 4.16. The topological polar surface area (TPSA) is 105 Å². The van der Waals surface area contributed by atoms with Crippen molar-refractivity contribution in [3.63, 3.8) is 0 Å². The average Bonchev–Trinajstić information content (AvgIpc) is 3.03. The Labute approximate surface area is 193 Å². The van der Waals surface area contributed by atoms with Crippen LogP contribution >= 0.6 is 0 Å². The number of rotatable bonds is 7. The van der Waals surface area contributed by atoms with Crippen LogP contribution in [-0.4, -0.2) is 68.5 Å². The minimum atomic E-state index is -3.68. The molecule has 2 aliphatic rings. The Bertz CT molecular complexity index is 1160. The molecule has 1 N–H and O–H groups in total. The van der Waals surface area contributed by atoms with E-state index in [0.29, 0.717) is 37.6 Å². The summed E-state index contributed by atoms with van der Waals surface area (Å²) in [5.74, 6) is 0.264. The first-order valence-corrected chi connectivity index (χ1v) is 12.1. The number of hydrogen-bond donors (Lipinski definition) is 1. The third kappa shape index (κ3) is 4.59. The number of hydrogen-bond acceptors (Lipinski definition) is 6. The molecule has 2 heterocycles. The summed E-state index contributed by atoms with van der Waals surface area (Å²) in [6, 6.07) is 13.2. The van der Waals surface area contributed by atoms with Gasteiger partial charge in [0.15, 0.2) is 0 Å². The summed E-state index contributed by atoms with van der Waals surface area (Å²) in [6.45, 7) is 2.94. The highest BCUT2D eigenvalue weighted by molar-refractivity contribution is 7.89. The zero-order valence-electron chi connectivity index (χ0n) is 18.6. The maximum atomic E-state index is 13.2. The molecule has 9 nitrogen and oxygen atoms in total. The molecule has 0 radical (unpaired) electrons. The molecule has 0 aliphatic carbocycles. The van der Waals surface area contributed by atoms with Crippen molar-refractivity contribution in [1.29, 1.82) is 0 Å². The van der Waals surface area contributed by atoms with Crippen LogP contribution < -0.4 is 10.1 Å². The van der Waals surface area contributed by atoms with E-state index < -0.39 is 21.6 Å². The molecule has 0 saturated carbocycles. The number of methoxy groups -OCH3 is 1. The molecule has 1 unspecified atom stereocenters. The van der Waals surface area contributed by atoms with E-state index in [4.69, 9.17) is 9.47 Å². The van der Waals surface area contributed by atoms with Crippen molar-refractivity contribution < 1.29 is 27.5 Å². The van der Waals surface area contributed by atoms with Crippen molar-refractivity contribution in [2.75, 3.05) is 33.4 Å². The lowest BCUT2D eigenvalue weighted by molar-refractivity contribution is -0.131. The summed E-state index contributed by atoms with van der Waals surface area (Å²) in [6.07, 6.45) is 0.267. The number of amides is 3. The van der Waals surface area contributed by atoms with Crippen molar-refractivity contribution in [2.24, 2.45) is 0 Å². The zero-order chi connectivity index (χ0) is 23.6. The number of imide groups is 1. The maximum absolute atomic E-state index is 13.2. The van der Waals surface area contributed by atoms with Gasteiger partial charge in [0.1, 0.15) is 11.3 Å². The summed E-state index contributed by atoms with van der Waals surface area (Å²) in [5.41, 5.74) is 0.217. The first-order valence-electron chi connectivity index (χ1n) is 10.7. The van der Waals surface area contributed by atoms with Gasteiger partial charge < -0.3 is 14.8 Å². The summed E-state index contributed by atoms with van der Waals surface area (Å²) in [4.78, 5) is 27.2. The second kappa shape index (κ2) is 9.12. The van der Waals surface area contributed by atoms with E-state index >= 15 is 0 Å². The first-order chi connectivity index (χ1) is 15.7. The zero-order valence-corrected chi connectivity index (χ0v) is 19.4. The van der Waals surface area contributed by atoms with Gasteiger partial charge in [0.2, 0.25) is 10.0 Å². The van der Waals surface area contributed by atoms with Crippen molar-refractivity contribution in [2.45, 2.75) is 30.3 Å². The molecule has 0 spiro atoms. The molecule has 0 bridgehead atoms. The summed E-state index contributed by atoms with van der Waals surface area (Å²) < 4.78 is 37.9. The van der Waals surface area contributed by atoms with Crippen LogP contribution in [0.15, 0.2) is 53.4 Å². The quantitative estimate of drug-likeness (QED) is 0.615. The van der Waals surface area contributed by atoms with Gasteiger partial charge in [-0.2, -0.15) is 4.31 Å². The normalized spacial score (nSPS) is 21.8. The van der Waals surface area contributed by atoms with Crippen LogP contribution in [0.1, 0.15) is 18.1 Å². The molecule has 2 saturated heterocycles. The van der Waals surface area contributed by atoms with E-state index in [9.17, 15) is 18.0 Å². The van der Waals surface area contributed by atoms with Gasteiger partial charge in [-0.1, -0.05) is 30.3 Å². The van der Waals surface area contributed by atoms with Gasteiger partial charge in [-0.05, 0) is 36.2 Å². The second-order valence-electron chi connectivity index (χ2n) is 8.31. The molecule has 3 amide bonds. The Morgan fingerprint density at radius 2 is 1.82 bits per heavy atom. The van der Waals surface area contributed by atoms with E-state index in [2.05, 4.69) is 5.32 Å². The van der Waals surface area contributed by atoms with Gasteiger partial charge in [-0.15, -0.1) is 0 Å². The molecule has 2 aromatic rings. The number of morpholine rings is 1. The molecule has 176 valence electrons. The number of ether oxygens (including phenoxy) is 2. The highest BCUT2D eigenvalue weighted by Gasteiger charge is 2.48. The van der Waals surface area contributed by atoms with Crippen molar-refractivity contribution >= 4 is 22.0 Å². The summed E-state index contributed by atoms with van der Waals surface area (Å²) in [5, 5.41) is 2.79. The lowest BCUT2D eigenvalue weighted by atomic mass is 9.92. The molecule has 10 heteroatoms. The second-order valence-corrected chi connectivity index (χ2v) is 10.2. The Balaban J connectivity index is 1.53. The standard InChI is InChI=1S/C23H27N3O6S/c1-23(15-18-7-3-4-9-20(18)31-2)21(27)26(22(28)24-23)16-17-6-5-8-19(14-17)33(29,30)25-10-12-32-13-11-25/h3-9,14H,10-13,15-16H2,1-2H3,(H,24,28). The van der Waals surface area contributed by atoms with Crippen LogP contribution in [0, 0.1) is 0 Å². The number of carbonyl (C=O) groups is 2. The Kier molecular flexibility index (Phi) is 6.42. The molecule has 1 atom stereocenters. The molecule has 2 aliphatic heterocycles. The fraction of sp³-hybridized carbons (Fsp3) is 0.391. The van der Waals surface area contributed by atoms with Crippen LogP contribution in [0.25, 0.3) is 0 Å². The van der Waals surface area contributed by atoms with Crippen LogP contribution in [0.3, 0.4) is 0 Å². The number of para-hydroxylation sites is 1. The number of carbonyl (C=O) groups excluding carboxylic acids is 2. The molecule has 0 aromatic heterocycles. The minimum absolute atomic E-state index is 0.0291. The molecule has 2 aromatic carbocycles. The highest BCUT2D eigenvalue weighted by Crippen LogP contribution is 2.28. The largest absolute Gasteiger partial charge is 0.496 e. The Morgan fingerprint density at radius 3 is 2.55 bits per heavy atom. The molecule has 33 heavy (non-hydrogen) atoms. The smallest absolute Gasteiger partial charge is 0.325 e. The van der Waals surface area contributed by atoms with Crippen LogP contribution in [0.4, 0.5) is 4.79 Å². The minimum Gasteiger partial charge on any atom is -0.496 e. The SMILES string of the molecule is COc1ccccc1CC1(C)NC(=O)N(Cc2cccc(S(=O)(=O)N3CCOCC3)c2)C1=O. The van der Waals surface area contributed by atoms with Crippen molar-refractivity contribution in [3.8, 4) is 5.75 Å². The van der Waals surface area contributed by atoms with Gasteiger partial charge in [0.25, 0.3) is 5.91 Å². The predicted molar refractivity (Wildman–Crippen MR) is 120 cm³/mol. The number of benzene rings is 2. The number of sulfonamides is 1. The molecular formula is C23H27N3O6S. The van der Waals surface area contributed by atoms with Gasteiger partial charge in [0.05, 0.1) is 31.8 Å². The lowest BCUT2D eigenvalue weighted by Crippen LogP contribution is -2.46. The molecule has 2 fully saturated rings. The van der Waals surface area contributed by atoms with E-state index in [-0.39, 0.29) is 23.8 Å².